The van der Waals surface area contributed by atoms with Gasteiger partial charge in [0.2, 0.25) is 0 Å². The van der Waals surface area contributed by atoms with Crippen LogP contribution in [-0.4, -0.2) is 40.1 Å². The van der Waals surface area contributed by atoms with E-state index in [0.717, 1.165) is 37.5 Å². The summed E-state index contributed by atoms with van der Waals surface area (Å²) >= 11 is 5.94. The van der Waals surface area contributed by atoms with E-state index in [1.54, 1.807) is 24.3 Å². The van der Waals surface area contributed by atoms with Gasteiger partial charge in [-0.2, -0.15) is 5.10 Å². The average molecular weight is 397 g/mol. The van der Waals surface area contributed by atoms with Gasteiger partial charge in [-0.25, -0.2) is 5.10 Å². The molecule has 1 fully saturated rings. The van der Waals surface area contributed by atoms with E-state index in [2.05, 4.69) is 20.4 Å². The van der Waals surface area contributed by atoms with E-state index < -0.39 is 0 Å². The molecule has 0 spiro atoms. The number of nitrogens with zero attached hydrogens (tertiary/aromatic N) is 2. The third kappa shape index (κ3) is 4.08. The van der Waals surface area contributed by atoms with Crippen LogP contribution in [0.15, 0.2) is 53.3 Å². The van der Waals surface area contributed by atoms with Crippen molar-refractivity contribution in [1.29, 1.82) is 0 Å². The summed E-state index contributed by atoms with van der Waals surface area (Å²) in [5, 5.41) is 11.3. The highest BCUT2D eigenvalue weighted by Gasteiger charge is 2.23. The lowest BCUT2D eigenvalue weighted by atomic mass is 10.0. The standard InChI is InChI=1S/C21H21ClN4O2/c22-15-7-5-14(6-8-15)13-26-11-9-16(10-12-26)23-21(28)19-17-3-1-2-4-18(17)20(27)25-24-19/h1-8,16H,9-13H2,(H,23,28)(H,25,27). The van der Waals surface area contributed by atoms with E-state index in [4.69, 9.17) is 11.6 Å². The number of benzene rings is 2. The topological polar surface area (TPSA) is 78.1 Å². The SMILES string of the molecule is O=C(NC1CCN(Cc2ccc(Cl)cc2)CC1)c1n[nH]c(=O)c2ccccc12. The minimum atomic E-state index is -0.289. The molecule has 0 aliphatic carbocycles. The van der Waals surface area contributed by atoms with Gasteiger partial charge < -0.3 is 5.32 Å². The summed E-state index contributed by atoms with van der Waals surface area (Å²) in [7, 11) is 0. The highest BCUT2D eigenvalue weighted by atomic mass is 35.5. The van der Waals surface area contributed by atoms with E-state index in [-0.39, 0.29) is 23.2 Å². The quantitative estimate of drug-likeness (QED) is 0.710. The second-order valence-electron chi connectivity index (χ2n) is 7.10. The average Bonchev–Trinajstić information content (AvgIpc) is 2.71. The number of fused-ring (bicyclic) bond motifs is 1. The number of likely N-dealkylation sites (tertiary alicyclic amines) is 1. The molecule has 0 bridgehead atoms. The summed E-state index contributed by atoms with van der Waals surface area (Å²) < 4.78 is 0. The highest BCUT2D eigenvalue weighted by Crippen LogP contribution is 2.17. The molecule has 0 radical (unpaired) electrons. The van der Waals surface area contributed by atoms with Gasteiger partial charge in [0.1, 0.15) is 0 Å². The summed E-state index contributed by atoms with van der Waals surface area (Å²) in [6.07, 6.45) is 1.75. The first kappa shape index (κ1) is 18.7. The number of nitrogens with one attached hydrogen (secondary N) is 2. The first-order valence-corrected chi connectivity index (χ1v) is 9.73. The molecular weight excluding hydrogens is 376 g/mol. The van der Waals surface area contributed by atoms with Crippen molar-refractivity contribution >= 4 is 28.3 Å². The van der Waals surface area contributed by atoms with Crippen LogP contribution in [0.3, 0.4) is 0 Å². The second kappa shape index (κ2) is 8.12. The van der Waals surface area contributed by atoms with Gasteiger partial charge >= 0.3 is 0 Å². The molecule has 4 rings (SSSR count). The van der Waals surface area contributed by atoms with Crippen molar-refractivity contribution in [3.05, 3.63) is 75.2 Å². The lowest BCUT2D eigenvalue weighted by Gasteiger charge is -2.32. The molecule has 1 saturated heterocycles. The minimum absolute atomic E-state index is 0.0986. The van der Waals surface area contributed by atoms with Crippen molar-refractivity contribution in [3.63, 3.8) is 0 Å². The van der Waals surface area contributed by atoms with Gasteiger partial charge in [0.25, 0.3) is 11.5 Å². The van der Waals surface area contributed by atoms with Crippen molar-refractivity contribution in [3.8, 4) is 0 Å². The zero-order valence-corrected chi connectivity index (χ0v) is 16.1. The Balaban J connectivity index is 1.37. The number of amides is 1. The van der Waals surface area contributed by atoms with Crippen molar-refractivity contribution in [2.45, 2.75) is 25.4 Å². The van der Waals surface area contributed by atoms with Crippen LogP contribution in [0.5, 0.6) is 0 Å². The molecule has 0 saturated carbocycles. The van der Waals surface area contributed by atoms with Gasteiger partial charge in [-0.05, 0) is 36.6 Å². The monoisotopic (exact) mass is 396 g/mol. The second-order valence-corrected chi connectivity index (χ2v) is 7.53. The molecule has 0 unspecified atom stereocenters. The molecule has 1 aliphatic rings. The van der Waals surface area contributed by atoms with E-state index >= 15 is 0 Å². The van der Waals surface area contributed by atoms with Gasteiger partial charge in [0, 0.05) is 36.1 Å². The molecule has 144 valence electrons. The Morgan fingerprint density at radius 3 is 2.50 bits per heavy atom. The van der Waals surface area contributed by atoms with Gasteiger partial charge in [-0.15, -0.1) is 0 Å². The van der Waals surface area contributed by atoms with Gasteiger partial charge in [-0.3, -0.25) is 14.5 Å². The number of H-pyrrole nitrogens is 1. The Bertz CT molecular complexity index is 1040. The number of hydrogen-bond acceptors (Lipinski definition) is 4. The maximum absolute atomic E-state index is 12.7. The summed E-state index contributed by atoms with van der Waals surface area (Å²) in [6, 6.07) is 15.0. The molecule has 2 aromatic carbocycles. The third-order valence-electron chi connectivity index (χ3n) is 5.15. The molecule has 2 N–H and O–H groups in total. The number of aromatic nitrogens is 2. The zero-order valence-electron chi connectivity index (χ0n) is 15.3. The molecule has 2 heterocycles. The van der Waals surface area contributed by atoms with Crippen LogP contribution in [0, 0.1) is 0 Å². The Hall–Kier alpha value is -2.70. The van der Waals surface area contributed by atoms with Gasteiger partial charge in [0.05, 0.1) is 5.39 Å². The van der Waals surface area contributed by atoms with E-state index in [9.17, 15) is 9.59 Å². The van der Waals surface area contributed by atoms with Crippen molar-refractivity contribution < 1.29 is 4.79 Å². The molecule has 7 heteroatoms. The number of piperidine rings is 1. The number of carbonyl (C=O) groups excluding carboxylic acids is 1. The number of aromatic amines is 1. The van der Waals surface area contributed by atoms with Crippen LogP contribution in [0.4, 0.5) is 0 Å². The van der Waals surface area contributed by atoms with Gasteiger partial charge in [-0.1, -0.05) is 41.9 Å². The molecule has 6 nitrogen and oxygen atoms in total. The predicted octanol–water partition coefficient (Wildman–Crippen LogP) is 2.97. The fourth-order valence-electron chi connectivity index (χ4n) is 3.63. The highest BCUT2D eigenvalue weighted by molar-refractivity contribution is 6.30. The first-order chi connectivity index (χ1) is 13.6. The largest absolute Gasteiger partial charge is 0.348 e. The lowest BCUT2D eigenvalue weighted by molar-refractivity contribution is 0.0904. The number of halogens is 1. The van der Waals surface area contributed by atoms with E-state index in [1.807, 2.05) is 24.3 Å². The summed E-state index contributed by atoms with van der Waals surface area (Å²) in [6.45, 7) is 2.70. The fraction of sp³-hybridized carbons (Fsp3) is 0.286. The summed E-state index contributed by atoms with van der Waals surface area (Å²) in [4.78, 5) is 27.0. The normalized spacial score (nSPS) is 15.6. The van der Waals surface area contributed by atoms with Crippen LogP contribution in [-0.2, 0) is 6.54 Å². The first-order valence-electron chi connectivity index (χ1n) is 9.35. The maximum Gasteiger partial charge on any atom is 0.272 e. The van der Waals surface area contributed by atoms with Crippen LogP contribution >= 0.6 is 11.6 Å². The molecule has 1 aliphatic heterocycles. The van der Waals surface area contributed by atoms with Crippen molar-refractivity contribution in [1.82, 2.24) is 20.4 Å². The Labute approximate surface area is 167 Å². The fourth-order valence-corrected chi connectivity index (χ4v) is 3.75. The Morgan fingerprint density at radius 2 is 1.79 bits per heavy atom. The zero-order chi connectivity index (χ0) is 19.5. The number of rotatable bonds is 4. The molecule has 28 heavy (non-hydrogen) atoms. The number of carbonyl (C=O) groups is 1. The number of hydrogen-bond donors (Lipinski definition) is 2. The van der Waals surface area contributed by atoms with Crippen LogP contribution < -0.4 is 10.9 Å². The molecule has 1 amide bonds. The third-order valence-corrected chi connectivity index (χ3v) is 5.41. The Morgan fingerprint density at radius 1 is 1.11 bits per heavy atom. The van der Waals surface area contributed by atoms with E-state index in [1.165, 1.54) is 5.56 Å². The lowest BCUT2D eigenvalue weighted by Crippen LogP contribution is -2.44. The van der Waals surface area contributed by atoms with Crippen molar-refractivity contribution in [2.24, 2.45) is 0 Å². The van der Waals surface area contributed by atoms with Crippen molar-refractivity contribution in [2.75, 3.05) is 13.1 Å². The summed E-state index contributed by atoms with van der Waals surface area (Å²) in [5.74, 6) is -0.247. The van der Waals surface area contributed by atoms with Crippen LogP contribution in [0.25, 0.3) is 10.8 Å². The van der Waals surface area contributed by atoms with Crippen LogP contribution in [0.2, 0.25) is 5.02 Å². The summed E-state index contributed by atoms with van der Waals surface area (Å²) in [5.41, 5.74) is 1.21. The molecule has 3 aromatic rings. The molecule has 0 atom stereocenters. The predicted molar refractivity (Wildman–Crippen MR) is 110 cm³/mol. The van der Waals surface area contributed by atoms with E-state index in [0.29, 0.717) is 10.8 Å². The van der Waals surface area contributed by atoms with Gasteiger partial charge in [0.15, 0.2) is 5.69 Å². The molecule has 1 aromatic heterocycles. The minimum Gasteiger partial charge on any atom is -0.348 e. The maximum atomic E-state index is 12.7. The van der Waals surface area contributed by atoms with Crippen LogP contribution in [0.1, 0.15) is 28.9 Å². The molecular formula is C21H21ClN4O2. The Kier molecular flexibility index (Phi) is 5.41. The smallest absolute Gasteiger partial charge is 0.272 e.